The van der Waals surface area contributed by atoms with Gasteiger partial charge in [0.25, 0.3) is 11.1 Å². The number of carbonyl (C=O) groups excluding carboxylic acids is 3. The minimum absolute atomic E-state index is 0.198. The Labute approximate surface area is 254 Å². The van der Waals surface area contributed by atoms with Crippen molar-refractivity contribution in [3.63, 3.8) is 0 Å². The molecule has 208 valence electrons. The predicted molar refractivity (Wildman–Crippen MR) is 163 cm³/mol. The standard InChI is InChI=1S/C29H25BrCl2N2O5S/c1-4-38-23-12-19(10-20(30)27(23)39-15-18-8-9-21(31)22(32)11-18)13-24-28(36)34(29(37)40-24)14-25(35)33-26-16(2)6-5-7-17(26)3/h5-13H,4,14-15H2,1-3H3,(H,33,35)/b24-13+. The normalized spacial score (nSPS) is 14.2. The topological polar surface area (TPSA) is 84.9 Å². The zero-order valence-electron chi connectivity index (χ0n) is 21.8. The molecule has 1 heterocycles. The van der Waals surface area contributed by atoms with Gasteiger partial charge in [0.2, 0.25) is 5.91 Å². The van der Waals surface area contributed by atoms with Crippen LogP contribution in [0.4, 0.5) is 10.5 Å². The van der Waals surface area contributed by atoms with Crippen molar-refractivity contribution in [2.24, 2.45) is 0 Å². The van der Waals surface area contributed by atoms with Crippen LogP contribution in [0.2, 0.25) is 10.0 Å². The van der Waals surface area contributed by atoms with Gasteiger partial charge in [-0.1, -0.05) is 47.5 Å². The second kappa shape index (κ2) is 13.1. The molecule has 1 fully saturated rings. The quantitative estimate of drug-likeness (QED) is 0.233. The monoisotopic (exact) mass is 662 g/mol. The van der Waals surface area contributed by atoms with Crippen molar-refractivity contribution < 1.29 is 23.9 Å². The van der Waals surface area contributed by atoms with Crippen LogP contribution in [0, 0.1) is 13.8 Å². The van der Waals surface area contributed by atoms with Crippen LogP contribution in [0.15, 0.2) is 57.9 Å². The number of benzene rings is 3. The Bertz CT molecular complexity index is 1510. The molecule has 3 aromatic carbocycles. The Kier molecular flexibility index (Phi) is 9.84. The molecule has 3 amide bonds. The van der Waals surface area contributed by atoms with Crippen LogP contribution in [0.3, 0.4) is 0 Å². The minimum Gasteiger partial charge on any atom is -0.490 e. The predicted octanol–water partition coefficient (Wildman–Crippen LogP) is 8.03. The van der Waals surface area contributed by atoms with E-state index in [2.05, 4.69) is 21.2 Å². The molecule has 0 aliphatic carbocycles. The molecule has 0 radical (unpaired) electrons. The summed E-state index contributed by atoms with van der Waals surface area (Å²) in [6.07, 6.45) is 1.59. The highest BCUT2D eigenvalue weighted by molar-refractivity contribution is 9.10. The van der Waals surface area contributed by atoms with Crippen molar-refractivity contribution in [3.8, 4) is 11.5 Å². The summed E-state index contributed by atoms with van der Waals surface area (Å²) < 4.78 is 12.4. The van der Waals surface area contributed by atoms with Gasteiger partial charge in [-0.25, -0.2) is 0 Å². The fourth-order valence-corrected chi connectivity index (χ4v) is 5.71. The van der Waals surface area contributed by atoms with Gasteiger partial charge >= 0.3 is 0 Å². The maximum atomic E-state index is 13.1. The van der Waals surface area contributed by atoms with Gasteiger partial charge < -0.3 is 14.8 Å². The lowest BCUT2D eigenvalue weighted by Gasteiger charge is -2.15. The van der Waals surface area contributed by atoms with Crippen molar-refractivity contribution in [3.05, 3.63) is 90.2 Å². The molecule has 0 bridgehead atoms. The summed E-state index contributed by atoms with van der Waals surface area (Å²) in [5.41, 5.74) is 3.89. The molecule has 0 spiro atoms. The lowest BCUT2D eigenvalue weighted by Crippen LogP contribution is -2.36. The molecule has 3 aromatic rings. The number of hydrogen-bond donors (Lipinski definition) is 1. The van der Waals surface area contributed by atoms with Crippen LogP contribution in [0.5, 0.6) is 11.5 Å². The van der Waals surface area contributed by atoms with E-state index in [1.807, 2.05) is 45.0 Å². The maximum absolute atomic E-state index is 13.1. The molecule has 1 saturated heterocycles. The van der Waals surface area contributed by atoms with Gasteiger partial charge in [-0.15, -0.1) is 0 Å². The van der Waals surface area contributed by atoms with E-state index in [0.717, 1.165) is 33.4 Å². The van der Waals surface area contributed by atoms with Gasteiger partial charge in [-0.05, 0) is 101 Å². The highest BCUT2D eigenvalue weighted by Gasteiger charge is 2.36. The zero-order chi connectivity index (χ0) is 29.0. The van der Waals surface area contributed by atoms with Gasteiger partial charge in [-0.3, -0.25) is 19.3 Å². The highest BCUT2D eigenvalue weighted by atomic mass is 79.9. The molecule has 11 heteroatoms. The van der Waals surface area contributed by atoms with E-state index in [-0.39, 0.29) is 18.1 Å². The first-order chi connectivity index (χ1) is 19.1. The Balaban J connectivity index is 1.50. The Morgan fingerprint density at radius 1 is 1.05 bits per heavy atom. The Hall–Kier alpha value is -2.98. The van der Waals surface area contributed by atoms with Crippen LogP contribution >= 0.6 is 50.9 Å². The summed E-state index contributed by atoms with van der Waals surface area (Å²) in [6.45, 7) is 5.82. The van der Waals surface area contributed by atoms with E-state index in [9.17, 15) is 14.4 Å². The number of halogens is 3. The third-order valence-electron chi connectivity index (χ3n) is 5.92. The molecule has 7 nitrogen and oxygen atoms in total. The molecule has 4 rings (SSSR count). The number of anilines is 1. The molecule has 1 aliphatic rings. The zero-order valence-corrected chi connectivity index (χ0v) is 25.8. The maximum Gasteiger partial charge on any atom is 0.294 e. The lowest BCUT2D eigenvalue weighted by molar-refractivity contribution is -0.127. The summed E-state index contributed by atoms with van der Waals surface area (Å²) in [5.74, 6) is -0.0665. The first-order valence-corrected chi connectivity index (χ1v) is 14.6. The van der Waals surface area contributed by atoms with E-state index < -0.39 is 17.1 Å². The molecule has 0 saturated carbocycles. The molecule has 40 heavy (non-hydrogen) atoms. The number of thioether (sulfide) groups is 1. The summed E-state index contributed by atoms with van der Waals surface area (Å²) in [6, 6.07) is 14.4. The van der Waals surface area contributed by atoms with Crippen molar-refractivity contribution in [2.75, 3.05) is 18.5 Å². The number of aryl methyl sites for hydroxylation is 2. The van der Waals surface area contributed by atoms with Gasteiger partial charge in [-0.2, -0.15) is 0 Å². The fraction of sp³-hybridized carbons (Fsp3) is 0.207. The minimum atomic E-state index is -0.541. The molecular weight excluding hydrogens is 639 g/mol. The van der Waals surface area contributed by atoms with Crippen molar-refractivity contribution in [1.29, 1.82) is 0 Å². The number of nitrogens with zero attached hydrogens (tertiary/aromatic N) is 1. The number of rotatable bonds is 9. The summed E-state index contributed by atoms with van der Waals surface area (Å²) >= 11 is 16.4. The summed E-state index contributed by atoms with van der Waals surface area (Å²) in [4.78, 5) is 39.5. The number of para-hydroxylation sites is 1. The molecule has 1 N–H and O–H groups in total. The number of ether oxygens (including phenoxy) is 2. The van der Waals surface area contributed by atoms with Crippen LogP contribution in [-0.2, 0) is 16.2 Å². The largest absolute Gasteiger partial charge is 0.490 e. The number of carbonyl (C=O) groups is 3. The third-order valence-corrected chi connectivity index (χ3v) is 8.15. The van der Waals surface area contributed by atoms with E-state index >= 15 is 0 Å². The van der Waals surface area contributed by atoms with Crippen LogP contribution < -0.4 is 14.8 Å². The van der Waals surface area contributed by atoms with Crippen LogP contribution in [0.25, 0.3) is 6.08 Å². The Morgan fingerprint density at radius 3 is 2.45 bits per heavy atom. The van der Waals surface area contributed by atoms with E-state index in [0.29, 0.717) is 43.9 Å². The molecule has 0 unspecified atom stereocenters. The van der Waals surface area contributed by atoms with E-state index in [1.165, 1.54) is 0 Å². The third kappa shape index (κ3) is 7.01. The average Bonchev–Trinajstić information content (AvgIpc) is 3.15. The van der Waals surface area contributed by atoms with Crippen molar-refractivity contribution in [1.82, 2.24) is 4.90 Å². The second-order valence-corrected chi connectivity index (χ2v) is 11.5. The number of imide groups is 1. The fourth-order valence-electron chi connectivity index (χ4n) is 3.98. The van der Waals surface area contributed by atoms with Crippen LogP contribution in [0.1, 0.15) is 29.2 Å². The van der Waals surface area contributed by atoms with Crippen LogP contribution in [-0.4, -0.2) is 35.1 Å². The van der Waals surface area contributed by atoms with Gasteiger partial charge in [0, 0.05) is 5.69 Å². The smallest absolute Gasteiger partial charge is 0.294 e. The SMILES string of the molecule is CCOc1cc(/C=C2/SC(=O)N(CC(=O)Nc3c(C)cccc3C)C2=O)cc(Br)c1OCc1ccc(Cl)c(Cl)c1. The van der Waals surface area contributed by atoms with Crippen molar-refractivity contribution in [2.45, 2.75) is 27.4 Å². The van der Waals surface area contributed by atoms with Crippen molar-refractivity contribution >= 4 is 79.7 Å². The summed E-state index contributed by atoms with van der Waals surface area (Å²) in [7, 11) is 0. The van der Waals surface area contributed by atoms with Gasteiger partial charge in [0.1, 0.15) is 13.2 Å². The Morgan fingerprint density at radius 2 is 1.77 bits per heavy atom. The van der Waals surface area contributed by atoms with E-state index in [4.69, 9.17) is 32.7 Å². The second-order valence-electron chi connectivity index (χ2n) is 8.88. The lowest BCUT2D eigenvalue weighted by atomic mass is 10.1. The number of amides is 3. The molecular formula is C29H25BrCl2N2O5S. The van der Waals surface area contributed by atoms with Gasteiger partial charge in [0.05, 0.1) is 26.0 Å². The van der Waals surface area contributed by atoms with E-state index in [1.54, 1.807) is 30.3 Å². The number of nitrogens with one attached hydrogen (secondary N) is 1. The molecule has 0 aromatic heterocycles. The number of hydrogen-bond acceptors (Lipinski definition) is 6. The first-order valence-electron chi connectivity index (χ1n) is 12.2. The molecule has 0 atom stereocenters. The summed E-state index contributed by atoms with van der Waals surface area (Å²) in [5, 5.41) is 3.18. The highest BCUT2D eigenvalue weighted by Crippen LogP contribution is 2.40. The van der Waals surface area contributed by atoms with Gasteiger partial charge in [0.15, 0.2) is 11.5 Å². The average molecular weight is 664 g/mol. The molecule has 1 aliphatic heterocycles. The first kappa shape index (κ1) is 30.0.